The molecule has 0 aliphatic carbocycles. The van der Waals surface area contributed by atoms with Gasteiger partial charge in [0.15, 0.2) is 5.11 Å². The minimum Gasteiger partial charge on any atom is -0.467 e. The van der Waals surface area contributed by atoms with E-state index in [1.54, 1.807) is 6.26 Å². The van der Waals surface area contributed by atoms with Crippen LogP contribution in [0.1, 0.15) is 89.7 Å². The zero-order valence-corrected chi connectivity index (χ0v) is 16.5. The zero-order chi connectivity index (χ0) is 18.2. The second-order valence-electron chi connectivity index (χ2n) is 6.60. The molecule has 25 heavy (non-hydrogen) atoms. The van der Waals surface area contributed by atoms with Crippen LogP contribution in [-0.4, -0.2) is 11.0 Å². The summed E-state index contributed by atoms with van der Waals surface area (Å²) >= 11 is 5.11. The Morgan fingerprint density at radius 2 is 1.60 bits per heavy atom. The number of nitrogens with one attached hydrogen (secondary N) is 2. The van der Waals surface area contributed by atoms with E-state index in [4.69, 9.17) is 16.6 Å². The second kappa shape index (κ2) is 14.9. The number of carbonyl (C=O) groups excluding carboxylic acids is 1. The van der Waals surface area contributed by atoms with E-state index in [0.717, 1.165) is 18.6 Å². The summed E-state index contributed by atoms with van der Waals surface area (Å²) in [5.41, 5.74) is 0. The lowest BCUT2D eigenvalue weighted by molar-refractivity contribution is -0.119. The first kappa shape index (κ1) is 21.7. The van der Waals surface area contributed by atoms with Gasteiger partial charge in [0.25, 0.3) is 0 Å². The number of rotatable bonds is 14. The van der Waals surface area contributed by atoms with Crippen molar-refractivity contribution >= 4 is 23.2 Å². The fourth-order valence-electron chi connectivity index (χ4n) is 2.76. The SMILES string of the molecule is CCCCCCCCCCCCCC(=O)NC(=S)NCc1ccco1. The van der Waals surface area contributed by atoms with Crippen molar-refractivity contribution in [3.63, 3.8) is 0 Å². The Balaban J connectivity index is 1.87. The van der Waals surface area contributed by atoms with E-state index in [0.29, 0.717) is 18.1 Å². The van der Waals surface area contributed by atoms with Crippen molar-refractivity contribution in [2.75, 3.05) is 0 Å². The molecular weight excluding hydrogens is 332 g/mol. The highest BCUT2D eigenvalue weighted by Gasteiger charge is 2.05. The van der Waals surface area contributed by atoms with Crippen LogP contribution in [0.15, 0.2) is 22.8 Å². The van der Waals surface area contributed by atoms with Gasteiger partial charge in [0, 0.05) is 6.42 Å². The van der Waals surface area contributed by atoms with Crippen LogP contribution >= 0.6 is 12.2 Å². The molecule has 0 bridgehead atoms. The lowest BCUT2D eigenvalue weighted by atomic mass is 10.1. The molecule has 1 rings (SSSR count). The molecule has 0 fully saturated rings. The maximum Gasteiger partial charge on any atom is 0.226 e. The highest BCUT2D eigenvalue weighted by Crippen LogP contribution is 2.11. The van der Waals surface area contributed by atoms with Gasteiger partial charge in [-0.15, -0.1) is 0 Å². The summed E-state index contributed by atoms with van der Waals surface area (Å²) in [7, 11) is 0. The predicted octanol–water partition coefficient (Wildman–Crippen LogP) is 5.47. The summed E-state index contributed by atoms with van der Waals surface area (Å²) in [6.45, 7) is 2.75. The maximum atomic E-state index is 11.8. The van der Waals surface area contributed by atoms with Gasteiger partial charge in [-0.05, 0) is 30.8 Å². The highest BCUT2D eigenvalue weighted by molar-refractivity contribution is 7.80. The number of amides is 1. The maximum absolute atomic E-state index is 11.8. The fourth-order valence-corrected chi connectivity index (χ4v) is 2.95. The molecule has 1 aromatic rings. The largest absolute Gasteiger partial charge is 0.467 e. The average molecular weight is 367 g/mol. The average Bonchev–Trinajstić information content (AvgIpc) is 3.11. The van der Waals surface area contributed by atoms with Gasteiger partial charge in [-0.2, -0.15) is 0 Å². The summed E-state index contributed by atoms with van der Waals surface area (Å²) in [4.78, 5) is 11.8. The molecule has 142 valence electrons. The van der Waals surface area contributed by atoms with E-state index in [9.17, 15) is 4.79 Å². The molecule has 0 aliphatic rings. The molecule has 0 atom stereocenters. The van der Waals surface area contributed by atoms with Crippen LogP contribution in [0.5, 0.6) is 0 Å². The minimum absolute atomic E-state index is 0.00660. The molecule has 4 nitrogen and oxygen atoms in total. The van der Waals surface area contributed by atoms with Crippen LogP contribution in [-0.2, 0) is 11.3 Å². The molecule has 1 amide bonds. The molecule has 0 spiro atoms. The molecule has 0 radical (unpaired) electrons. The molecule has 0 saturated heterocycles. The standard InChI is InChI=1S/C20H34N2O2S/c1-2-3-4-5-6-7-8-9-10-11-12-15-19(23)22-20(25)21-17-18-14-13-16-24-18/h13-14,16H,2-12,15,17H2,1H3,(H2,21,22,23,25). The first-order valence-corrected chi connectivity index (χ1v) is 10.2. The zero-order valence-electron chi connectivity index (χ0n) is 15.6. The van der Waals surface area contributed by atoms with Gasteiger partial charge in [-0.3, -0.25) is 4.79 Å². The molecule has 1 aromatic heterocycles. The van der Waals surface area contributed by atoms with Gasteiger partial charge in [0.05, 0.1) is 12.8 Å². The monoisotopic (exact) mass is 366 g/mol. The predicted molar refractivity (Wildman–Crippen MR) is 107 cm³/mol. The molecule has 0 aliphatic heterocycles. The molecule has 5 heteroatoms. The van der Waals surface area contributed by atoms with Gasteiger partial charge in [-0.25, -0.2) is 0 Å². The highest BCUT2D eigenvalue weighted by atomic mass is 32.1. The van der Waals surface area contributed by atoms with Crippen LogP contribution < -0.4 is 10.6 Å². The first-order valence-electron chi connectivity index (χ1n) is 9.82. The van der Waals surface area contributed by atoms with Gasteiger partial charge in [-0.1, -0.05) is 71.1 Å². The lowest BCUT2D eigenvalue weighted by Crippen LogP contribution is -2.38. The van der Waals surface area contributed by atoms with E-state index in [1.807, 2.05) is 12.1 Å². The third kappa shape index (κ3) is 12.6. The van der Waals surface area contributed by atoms with Crippen molar-refractivity contribution < 1.29 is 9.21 Å². The van der Waals surface area contributed by atoms with E-state index < -0.39 is 0 Å². The Hall–Kier alpha value is -1.36. The summed E-state index contributed by atoms with van der Waals surface area (Å²) in [6, 6.07) is 3.69. The quantitative estimate of drug-likeness (QED) is 0.338. The van der Waals surface area contributed by atoms with E-state index in [2.05, 4.69) is 17.6 Å². The smallest absolute Gasteiger partial charge is 0.226 e. The normalized spacial score (nSPS) is 10.6. The number of carbonyl (C=O) groups is 1. The van der Waals surface area contributed by atoms with Crippen molar-refractivity contribution in [3.05, 3.63) is 24.2 Å². The third-order valence-electron chi connectivity index (χ3n) is 4.26. The third-order valence-corrected chi connectivity index (χ3v) is 4.51. The van der Waals surface area contributed by atoms with Crippen LogP contribution in [0.2, 0.25) is 0 Å². The Labute approximate surface area is 158 Å². The Kier molecular flexibility index (Phi) is 13.0. The lowest BCUT2D eigenvalue weighted by Gasteiger charge is -2.08. The number of unbranched alkanes of at least 4 members (excludes halogenated alkanes) is 10. The number of hydrogen-bond donors (Lipinski definition) is 2. The van der Waals surface area contributed by atoms with Crippen molar-refractivity contribution in [2.45, 2.75) is 90.5 Å². The second-order valence-corrected chi connectivity index (χ2v) is 7.00. The van der Waals surface area contributed by atoms with Crippen molar-refractivity contribution in [3.8, 4) is 0 Å². The van der Waals surface area contributed by atoms with Crippen LogP contribution in [0.25, 0.3) is 0 Å². The molecule has 0 unspecified atom stereocenters. The Bertz CT molecular complexity index is 460. The van der Waals surface area contributed by atoms with Crippen LogP contribution in [0, 0.1) is 0 Å². The number of furan rings is 1. The fraction of sp³-hybridized carbons (Fsp3) is 0.700. The summed E-state index contributed by atoms with van der Waals surface area (Å²) in [5.74, 6) is 0.787. The molecule has 1 heterocycles. The number of hydrogen-bond acceptors (Lipinski definition) is 3. The summed E-state index contributed by atoms with van der Waals surface area (Å²) in [5, 5.41) is 6.05. The van der Waals surface area contributed by atoms with Gasteiger partial charge >= 0.3 is 0 Å². The van der Waals surface area contributed by atoms with E-state index in [1.165, 1.54) is 57.8 Å². The van der Waals surface area contributed by atoms with E-state index in [-0.39, 0.29) is 5.91 Å². The van der Waals surface area contributed by atoms with E-state index >= 15 is 0 Å². The molecule has 2 N–H and O–H groups in total. The minimum atomic E-state index is -0.00660. The van der Waals surface area contributed by atoms with Crippen molar-refractivity contribution in [1.29, 1.82) is 0 Å². The van der Waals surface area contributed by atoms with Gasteiger partial charge in [0.1, 0.15) is 5.76 Å². The summed E-state index contributed by atoms with van der Waals surface area (Å²) in [6.07, 6.45) is 16.3. The summed E-state index contributed by atoms with van der Waals surface area (Å²) < 4.78 is 5.20. The first-order chi connectivity index (χ1) is 12.2. The van der Waals surface area contributed by atoms with Gasteiger partial charge in [0.2, 0.25) is 5.91 Å². The van der Waals surface area contributed by atoms with Crippen LogP contribution in [0.4, 0.5) is 0 Å². The topological polar surface area (TPSA) is 54.3 Å². The Morgan fingerprint density at radius 3 is 2.16 bits per heavy atom. The van der Waals surface area contributed by atoms with Crippen LogP contribution in [0.3, 0.4) is 0 Å². The van der Waals surface area contributed by atoms with Gasteiger partial charge < -0.3 is 15.1 Å². The van der Waals surface area contributed by atoms with Crippen molar-refractivity contribution in [2.24, 2.45) is 0 Å². The molecule has 0 saturated carbocycles. The number of thiocarbonyl (C=S) groups is 1. The molecular formula is C20H34N2O2S. The van der Waals surface area contributed by atoms with Crippen molar-refractivity contribution in [1.82, 2.24) is 10.6 Å². The molecule has 0 aromatic carbocycles. The Morgan fingerprint density at radius 1 is 1.00 bits per heavy atom.